The molecule has 1 unspecified atom stereocenters. The van der Waals surface area contributed by atoms with E-state index in [0.29, 0.717) is 5.56 Å². The van der Waals surface area contributed by atoms with Gasteiger partial charge in [-0.2, -0.15) is 0 Å². The normalized spacial score (nSPS) is 14.1. The predicted molar refractivity (Wildman–Crippen MR) is 75.7 cm³/mol. The van der Waals surface area contributed by atoms with Crippen molar-refractivity contribution >= 4 is 15.9 Å². The van der Waals surface area contributed by atoms with E-state index in [1.807, 2.05) is 0 Å². The van der Waals surface area contributed by atoms with Crippen LogP contribution < -0.4 is 5.73 Å². The van der Waals surface area contributed by atoms with E-state index in [9.17, 15) is 13.2 Å². The zero-order valence-corrected chi connectivity index (χ0v) is 12.3. The van der Waals surface area contributed by atoms with E-state index < -0.39 is 23.0 Å². The second-order valence-corrected chi connectivity index (χ2v) is 5.80. The SMILES string of the molecule is CC(N)(Cc1cccc(F)c1)c1c(F)ccc(Br)c1F. The minimum atomic E-state index is -1.29. The van der Waals surface area contributed by atoms with E-state index in [4.69, 9.17) is 5.73 Å². The van der Waals surface area contributed by atoms with Crippen LogP contribution in [0.3, 0.4) is 0 Å². The largest absolute Gasteiger partial charge is 0.321 e. The van der Waals surface area contributed by atoms with Gasteiger partial charge in [0.1, 0.15) is 17.5 Å². The molecule has 0 amide bonds. The minimum Gasteiger partial charge on any atom is -0.321 e. The number of halogens is 4. The van der Waals surface area contributed by atoms with Crippen LogP contribution in [0.4, 0.5) is 13.2 Å². The third-order valence-corrected chi connectivity index (χ3v) is 3.69. The monoisotopic (exact) mass is 343 g/mol. The Morgan fingerprint density at radius 1 is 1.15 bits per heavy atom. The summed E-state index contributed by atoms with van der Waals surface area (Å²) in [6.45, 7) is 1.52. The molecule has 0 saturated carbocycles. The number of benzene rings is 2. The molecular formula is C15H13BrF3N. The van der Waals surface area contributed by atoms with Crippen LogP contribution in [0.1, 0.15) is 18.1 Å². The van der Waals surface area contributed by atoms with Gasteiger partial charge in [0.25, 0.3) is 0 Å². The summed E-state index contributed by atoms with van der Waals surface area (Å²) in [6, 6.07) is 8.25. The highest BCUT2D eigenvalue weighted by atomic mass is 79.9. The Labute approximate surface area is 123 Å². The molecule has 0 bridgehead atoms. The van der Waals surface area contributed by atoms with Gasteiger partial charge in [0, 0.05) is 11.1 Å². The van der Waals surface area contributed by atoms with Crippen LogP contribution in [0.5, 0.6) is 0 Å². The van der Waals surface area contributed by atoms with Crippen molar-refractivity contribution in [2.24, 2.45) is 5.73 Å². The smallest absolute Gasteiger partial charge is 0.145 e. The fourth-order valence-electron chi connectivity index (χ4n) is 2.21. The fourth-order valence-corrected chi connectivity index (χ4v) is 2.54. The summed E-state index contributed by atoms with van der Waals surface area (Å²) in [6.07, 6.45) is 0.120. The maximum Gasteiger partial charge on any atom is 0.145 e. The van der Waals surface area contributed by atoms with E-state index in [0.717, 1.165) is 6.07 Å². The molecule has 2 aromatic carbocycles. The fraction of sp³-hybridized carbons (Fsp3) is 0.200. The van der Waals surface area contributed by atoms with E-state index in [1.54, 1.807) is 6.07 Å². The van der Waals surface area contributed by atoms with Gasteiger partial charge in [0.2, 0.25) is 0 Å². The summed E-state index contributed by atoms with van der Waals surface area (Å²) >= 11 is 3.01. The lowest BCUT2D eigenvalue weighted by Gasteiger charge is -2.26. The van der Waals surface area contributed by atoms with Crippen LogP contribution in [0.25, 0.3) is 0 Å². The molecule has 106 valence electrons. The summed E-state index contributed by atoms with van der Waals surface area (Å²) in [4.78, 5) is 0. The quantitative estimate of drug-likeness (QED) is 0.827. The highest BCUT2D eigenvalue weighted by Gasteiger charge is 2.30. The number of hydrogen-bond donors (Lipinski definition) is 1. The molecule has 2 aromatic rings. The van der Waals surface area contributed by atoms with Crippen LogP contribution in [0.15, 0.2) is 40.9 Å². The van der Waals surface area contributed by atoms with E-state index in [1.165, 1.54) is 31.2 Å². The molecule has 0 fully saturated rings. The molecule has 0 spiro atoms. The zero-order chi connectivity index (χ0) is 14.9. The summed E-state index contributed by atoms with van der Waals surface area (Å²) in [7, 11) is 0. The Morgan fingerprint density at radius 2 is 1.85 bits per heavy atom. The van der Waals surface area contributed by atoms with Crippen LogP contribution in [0.2, 0.25) is 0 Å². The van der Waals surface area contributed by atoms with Crippen LogP contribution in [0, 0.1) is 17.5 Å². The Kier molecular flexibility index (Phi) is 4.20. The molecule has 1 nitrogen and oxygen atoms in total. The van der Waals surface area contributed by atoms with Crippen molar-refractivity contribution in [3.05, 3.63) is 69.4 Å². The first-order valence-electron chi connectivity index (χ1n) is 5.98. The van der Waals surface area contributed by atoms with Gasteiger partial charge in [-0.25, -0.2) is 13.2 Å². The van der Waals surface area contributed by atoms with Crippen molar-refractivity contribution in [3.8, 4) is 0 Å². The van der Waals surface area contributed by atoms with Crippen molar-refractivity contribution in [3.63, 3.8) is 0 Å². The Morgan fingerprint density at radius 3 is 2.50 bits per heavy atom. The lowest BCUT2D eigenvalue weighted by Crippen LogP contribution is -2.37. The average Bonchev–Trinajstić information content (AvgIpc) is 2.33. The lowest BCUT2D eigenvalue weighted by atomic mass is 9.86. The first-order valence-corrected chi connectivity index (χ1v) is 6.78. The molecule has 0 heterocycles. The Bertz CT molecular complexity index is 641. The predicted octanol–water partition coefficient (Wildman–Crippen LogP) is 4.28. The number of rotatable bonds is 3. The van der Waals surface area contributed by atoms with Crippen molar-refractivity contribution in [1.82, 2.24) is 0 Å². The lowest BCUT2D eigenvalue weighted by molar-refractivity contribution is 0.423. The molecule has 0 saturated heterocycles. The molecule has 2 N–H and O–H groups in total. The molecule has 0 aliphatic heterocycles. The first-order chi connectivity index (χ1) is 9.31. The highest BCUT2D eigenvalue weighted by Crippen LogP contribution is 2.31. The van der Waals surface area contributed by atoms with Gasteiger partial charge in [0.05, 0.1) is 4.47 Å². The van der Waals surface area contributed by atoms with Crippen molar-refractivity contribution in [1.29, 1.82) is 0 Å². The van der Waals surface area contributed by atoms with Crippen LogP contribution in [-0.4, -0.2) is 0 Å². The third kappa shape index (κ3) is 3.04. The van der Waals surface area contributed by atoms with Gasteiger partial charge in [-0.05, 0) is 59.1 Å². The maximum atomic E-state index is 14.1. The third-order valence-electron chi connectivity index (χ3n) is 3.08. The summed E-state index contributed by atoms with van der Waals surface area (Å²) in [5, 5.41) is 0. The molecule has 2 rings (SSSR count). The highest BCUT2D eigenvalue weighted by molar-refractivity contribution is 9.10. The second-order valence-electron chi connectivity index (χ2n) is 4.94. The maximum absolute atomic E-state index is 14.1. The molecule has 5 heteroatoms. The van der Waals surface area contributed by atoms with Crippen LogP contribution >= 0.6 is 15.9 Å². The van der Waals surface area contributed by atoms with E-state index in [-0.39, 0.29) is 16.5 Å². The summed E-state index contributed by atoms with van der Waals surface area (Å²) < 4.78 is 41.3. The van der Waals surface area contributed by atoms with Gasteiger partial charge in [-0.1, -0.05) is 12.1 Å². The van der Waals surface area contributed by atoms with Crippen LogP contribution in [-0.2, 0) is 12.0 Å². The molecule has 20 heavy (non-hydrogen) atoms. The average molecular weight is 344 g/mol. The van der Waals surface area contributed by atoms with Gasteiger partial charge < -0.3 is 5.73 Å². The second kappa shape index (κ2) is 5.58. The van der Waals surface area contributed by atoms with Crippen molar-refractivity contribution in [2.45, 2.75) is 18.9 Å². The molecule has 1 atom stereocenters. The molecular weight excluding hydrogens is 331 g/mol. The van der Waals surface area contributed by atoms with Crippen molar-refractivity contribution in [2.75, 3.05) is 0 Å². The number of hydrogen-bond acceptors (Lipinski definition) is 1. The molecule has 0 aliphatic rings. The van der Waals surface area contributed by atoms with Crippen molar-refractivity contribution < 1.29 is 13.2 Å². The standard InChI is InChI=1S/C15H13BrF3N/c1-15(20,8-9-3-2-4-10(17)7-9)13-12(18)6-5-11(16)14(13)19/h2-7H,8,20H2,1H3. The molecule has 0 radical (unpaired) electrons. The molecule has 0 aliphatic carbocycles. The van der Waals surface area contributed by atoms with E-state index >= 15 is 0 Å². The first kappa shape index (κ1) is 15.1. The van der Waals surface area contributed by atoms with Gasteiger partial charge in [0.15, 0.2) is 0 Å². The zero-order valence-electron chi connectivity index (χ0n) is 10.8. The Balaban J connectivity index is 2.43. The topological polar surface area (TPSA) is 26.0 Å². The van der Waals surface area contributed by atoms with Gasteiger partial charge in [-0.15, -0.1) is 0 Å². The molecule has 0 aromatic heterocycles. The summed E-state index contributed by atoms with van der Waals surface area (Å²) in [5.41, 5.74) is 5.15. The number of nitrogens with two attached hydrogens (primary N) is 1. The Hall–Kier alpha value is -1.33. The summed E-state index contributed by atoms with van der Waals surface area (Å²) in [5.74, 6) is -1.85. The minimum absolute atomic E-state index is 0.120. The van der Waals surface area contributed by atoms with Gasteiger partial charge >= 0.3 is 0 Å². The van der Waals surface area contributed by atoms with E-state index in [2.05, 4.69) is 15.9 Å². The van der Waals surface area contributed by atoms with Gasteiger partial charge in [-0.3, -0.25) is 0 Å².